The monoisotopic (exact) mass is 387 g/mol. The molecule has 3 aromatic rings. The summed E-state index contributed by atoms with van der Waals surface area (Å²) >= 11 is 0. The minimum absolute atomic E-state index is 0.467. The SMILES string of the molecule is COc1ccccc1O/C=C(\C)C(=Nc1ccc(C)cc1)Oc1cccc(C)c1. The van der Waals surface area contributed by atoms with E-state index < -0.39 is 0 Å². The van der Waals surface area contributed by atoms with Crippen LogP contribution in [0.3, 0.4) is 0 Å². The highest BCUT2D eigenvalue weighted by molar-refractivity contribution is 5.96. The minimum atomic E-state index is 0.467. The van der Waals surface area contributed by atoms with Crippen molar-refractivity contribution in [3.8, 4) is 17.2 Å². The number of aliphatic imine (C=N–C) groups is 1. The number of methoxy groups -OCH3 is 1. The Morgan fingerprint density at radius 3 is 2.24 bits per heavy atom. The van der Waals surface area contributed by atoms with Gasteiger partial charge < -0.3 is 14.2 Å². The first-order chi connectivity index (χ1) is 14.0. The van der Waals surface area contributed by atoms with Crippen molar-refractivity contribution in [2.24, 2.45) is 4.99 Å². The number of hydrogen-bond donors (Lipinski definition) is 0. The molecule has 0 bridgehead atoms. The zero-order chi connectivity index (χ0) is 20.6. The highest BCUT2D eigenvalue weighted by atomic mass is 16.5. The average Bonchev–Trinajstić information content (AvgIpc) is 2.73. The molecule has 0 atom stereocenters. The van der Waals surface area contributed by atoms with Crippen molar-refractivity contribution in [1.29, 1.82) is 0 Å². The van der Waals surface area contributed by atoms with E-state index in [2.05, 4.69) is 0 Å². The molecule has 0 saturated carbocycles. The lowest BCUT2D eigenvalue weighted by Crippen LogP contribution is -2.11. The van der Waals surface area contributed by atoms with Crippen LogP contribution in [0, 0.1) is 13.8 Å². The predicted molar refractivity (Wildman–Crippen MR) is 117 cm³/mol. The molecule has 3 aromatic carbocycles. The summed E-state index contributed by atoms with van der Waals surface area (Å²) in [5.41, 5.74) is 3.85. The third-order valence-electron chi connectivity index (χ3n) is 4.24. The van der Waals surface area contributed by atoms with Crippen LogP contribution in [0.5, 0.6) is 17.2 Å². The Bertz CT molecular complexity index is 1020. The van der Waals surface area contributed by atoms with E-state index in [0.29, 0.717) is 17.4 Å². The summed E-state index contributed by atoms with van der Waals surface area (Å²) in [6.45, 7) is 5.97. The van der Waals surface area contributed by atoms with Gasteiger partial charge in [0.15, 0.2) is 11.5 Å². The molecule has 0 saturated heterocycles. The average molecular weight is 387 g/mol. The number of hydrogen-bond acceptors (Lipinski definition) is 4. The summed E-state index contributed by atoms with van der Waals surface area (Å²) in [5, 5.41) is 0. The molecule has 0 amide bonds. The molecule has 0 N–H and O–H groups in total. The van der Waals surface area contributed by atoms with Crippen molar-refractivity contribution < 1.29 is 14.2 Å². The Morgan fingerprint density at radius 2 is 1.55 bits per heavy atom. The number of para-hydroxylation sites is 2. The summed E-state index contributed by atoms with van der Waals surface area (Å²) in [6, 6.07) is 23.3. The van der Waals surface area contributed by atoms with Gasteiger partial charge in [-0.15, -0.1) is 0 Å². The van der Waals surface area contributed by atoms with Crippen LogP contribution in [0.15, 0.2) is 89.6 Å². The zero-order valence-corrected chi connectivity index (χ0v) is 17.2. The van der Waals surface area contributed by atoms with Gasteiger partial charge >= 0.3 is 0 Å². The first-order valence-electron chi connectivity index (χ1n) is 9.42. The molecule has 3 rings (SSSR count). The molecule has 0 aliphatic heterocycles. The molecule has 0 unspecified atom stereocenters. The largest absolute Gasteiger partial charge is 0.493 e. The lowest BCUT2D eigenvalue weighted by atomic mass is 10.2. The topological polar surface area (TPSA) is 40.0 Å². The maximum absolute atomic E-state index is 6.11. The number of ether oxygens (including phenoxy) is 3. The van der Waals surface area contributed by atoms with Crippen LogP contribution >= 0.6 is 0 Å². The van der Waals surface area contributed by atoms with Gasteiger partial charge in [-0.25, -0.2) is 4.99 Å². The summed E-state index contributed by atoms with van der Waals surface area (Å²) in [6.07, 6.45) is 1.63. The Labute approximate surface area is 172 Å². The Balaban J connectivity index is 1.91. The van der Waals surface area contributed by atoms with E-state index in [1.807, 2.05) is 93.6 Å². The van der Waals surface area contributed by atoms with E-state index >= 15 is 0 Å². The highest BCUT2D eigenvalue weighted by Gasteiger charge is 2.09. The van der Waals surface area contributed by atoms with Gasteiger partial charge in [-0.2, -0.15) is 0 Å². The van der Waals surface area contributed by atoms with Gasteiger partial charge in [0.05, 0.1) is 19.1 Å². The normalized spacial score (nSPS) is 11.9. The smallest absolute Gasteiger partial charge is 0.225 e. The van der Waals surface area contributed by atoms with Crippen molar-refractivity contribution in [2.45, 2.75) is 20.8 Å². The second-order valence-corrected chi connectivity index (χ2v) is 6.74. The van der Waals surface area contributed by atoms with Crippen LogP contribution in [0.2, 0.25) is 0 Å². The molecule has 0 aliphatic carbocycles. The zero-order valence-electron chi connectivity index (χ0n) is 17.2. The maximum atomic E-state index is 6.11. The van der Waals surface area contributed by atoms with Crippen molar-refractivity contribution in [3.63, 3.8) is 0 Å². The van der Waals surface area contributed by atoms with E-state index in [4.69, 9.17) is 19.2 Å². The number of nitrogens with zero attached hydrogens (tertiary/aromatic N) is 1. The maximum Gasteiger partial charge on any atom is 0.225 e. The third-order valence-corrected chi connectivity index (χ3v) is 4.24. The minimum Gasteiger partial charge on any atom is -0.493 e. The fourth-order valence-electron chi connectivity index (χ4n) is 2.64. The first kappa shape index (κ1) is 20.2. The van der Waals surface area contributed by atoms with Gasteiger partial charge in [-0.1, -0.05) is 42.0 Å². The molecule has 0 radical (unpaired) electrons. The fourth-order valence-corrected chi connectivity index (χ4v) is 2.64. The first-order valence-corrected chi connectivity index (χ1v) is 9.42. The van der Waals surface area contributed by atoms with Crippen molar-refractivity contribution in [1.82, 2.24) is 0 Å². The number of benzene rings is 3. The summed E-state index contributed by atoms with van der Waals surface area (Å²) < 4.78 is 17.3. The predicted octanol–water partition coefficient (Wildman–Crippen LogP) is 6.40. The van der Waals surface area contributed by atoms with Crippen LogP contribution in [0.25, 0.3) is 0 Å². The summed E-state index contributed by atoms with van der Waals surface area (Å²) in [5.74, 6) is 2.48. The summed E-state index contributed by atoms with van der Waals surface area (Å²) in [4.78, 5) is 4.69. The van der Waals surface area contributed by atoms with Gasteiger partial charge in [-0.05, 0) is 62.7 Å². The fraction of sp³-hybridized carbons (Fsp3) is 0.160. The Hall–Kier alpha value is -3.53. The van der Waals surface area contributed by atoms with Crippen LogP contribution < -0.4 is 14.2 Å². The molecule has 0 aliphatic rings. The van der Waals surface area contributed by atoms with Crippen molar-refractivity contribution >= 4 is 11.6 Å². The van der Waals surface area contributed by atoms with E-state index in [9.17, 15) is 0 Å². The molecular weight excluding hydrogens is 362 g/mol. The molecule has 0 spiro atoms. The van der Waals surface area contributed by atoms with E-state index in [1.165, 1.54) is 5.56 Å². The van der Waals surface area contributed by atoms with Gasteiger partial charge in [0.1, 0.15) is 5.75 Å². The lowest BCUT2D eigenvalue weighted by molar-refractivity contribution is 0.377. The molecule has 0 aromatic heterocycles. The van der Waals surface area contributed by atoms with Gasteiger partial charge in [0, 0.05) is 5.57 Å². The van der Waals surface area contributed by atoms with E-state index in [0.717, 1.165) is 22.6 Å². The number of aryl methyl sites for hydroxylation is 2. The van der Waals surface area contributed by atoms with Crippen LogP contribution in [0.4, 0.5) is 5.69 Å². The second-order valence-electron chi connectivity index (χ2n) is 6.74. The van der Waals surface area contributed by atoms with Gasteiger partial charge in [-0.3, -0.25) is 0 Å². The molecule has 148 valence electrons. The van der Waals surface area contributed by atoms with E-state index in [1.54, 1.807) is 13.4 Å². The molecule has 4 nitrogen and oxygen atoms in total. The van der Waals surface area contributed by atoms with Crippen LogP contribution in [0.1, 0.15) is 18.1 Å². The quantitative estimate of drug-likeness (QED) is 0.279. The Kier molecular flexibility index (Phi) is 6.69. The van der Waals surface area contributed by atoms with Crippen molar-refractivity contribution in [3.05, 3.63) is 95.8 Å². The van der Waals surface area contributed by atoms with Crippen LogP contribution in [-0.4, -0.2) is 13.0 Å². The van der Waals surface area contributed by atoms with Gasteiger partial charge in [0.25, 0.3) is 0 Å². The van der Waals surface area contributed by atoms with Gasteiger partial charge in [0.2, 0.25) is 5.90 Å². The molecular formula is C25H25NO3. The molecule has 29 heavy (non-hydrogen) atoms. The summed E-state index contributed by atoms with van der Waals surface area (Å²) in [7, 11) is 1.61. The Morgan fingerprint density at radius 1 is 0.828 bits per heavy atom. The standard InChI is InChI=1S/C25H25NO3/c1-18-12-14-21(15-13-18)26-25(29-22-9-7-8-19(2)16-22)20(3)17-28-24-11-6-5-10-23(24)27-4/h5-17H,1-4H3/b20-17+,26-25?. The molecule has 4 heteroatoms. The molecule has 0 heterocycles. The highest BCUT2D eigenvalue weighted by Crippen LogP contribution is 2.26. The van der Waals surface area contributed by atoms with E-state index in [-0.39, 0.29) is 0 Å². The number of rotatable bonds is 6. The lowest BCUT2D eigenvalue weighted by Gasteiger charge is -2.12. The molecule has 0 fully saturated rings. The van der Waals surface area contributed by atoms with Crippen LogP contribution in [-0.2, 0) is 0 Å². The third kappa shape index (κ3) is 5.72. The second kappa shape index (κ2) is 9.60. The van der Waals surface area contributed by atoms with Crippen molar-refractivity contribution in [2.75, 3.05) is 7.11 Å².